The highest BCUT2D eigenvalue weighted by Gasteiger charge is 2.22. The topological polar surface area (TPSA) is 21.7 Å². The predicted molar refractivity (Wildman–Crippen MR) is 115 cm³/mol. The fourth-order valence-electron chi connectivity index (χ4n) is 2.96. The summed E-state index contributed by atoms with van der Waals surface area (Å²) < 4.78 is 40.2. The standard InChI is InChI=1S/C22H19BrClF2NO2/c1-28-16-7-3-14(4-8-16)12-27(13-15-5-9-17(29-2)10-6-15)22-19(25)11-18(23)20(24)21(22)26/h3-11H,12-13H2,1-2H3. The smallest absolute Gasteiger partial charge is 0.169 e. The Morgan fingerprint density at radius 2 is 1.31 bits per heavy atom. The maximum absolute atomic E-state index is 14.9. The number of hydrogen-bond donors (Lipinski definition) is 0. The number of hydrogen-bond acceptors (Lipinski definition) is 3. The zero-order chi connectivity index (χ0) is 21.0. The highest BCUT2D eigenvalue weighted by Crippen LogP contribution is 2.36. The van der Waals surface area contributed by atoms with Crippen LogP contribution in [0.1, 0.15) is 11.1 Å². The van der Waals surface area contributed by atoms with Crippen LogP contribution in [0, 0.1) is 11.6 Å². The molecular weight excluding hydrogens is 464 g/mol. The molecule has 0 bridgehead atoms. The quantitative estimate of drug-likeness (QED) is 0.280. The number of halogens is 4. The second kappa shape index (κ2) is 9.46. The summed E-state index contributed by atoms with van der Waals surface area (Å²) in [7, 11) is 3.17. The number of nitrogens with zero attached hydrogens (tertiary/aromatic N) is 1. The van der Waals surface area contributed by atoms with Gasteiger partial charge in [-0.1, -0.05) is 35.9 Å². The number of methoxy groups -OCH3 is 2. The highest BCUT2D eigenvalue weighted by atomic mass is 79.9. The van der Waals surface area contributed by atoms with Crippen LogP contribution < -0.4 is 14.4 Å². The van der Waals surface area contributed by atoms with Crippen molar-refractivity contribution in [3.63, 3.8) is 0 Å². The van der Waals surface area contributed by atoms with E-state index in [-0.39, 0.29) is 28.3 Å². The van der Waals surface area contributed by atoms with Gasteiger partial charge in [-0.15, -0.1) is 0 Å². The van der Waals surface area contributed by atoms with E-state index in [1.165, 1.54) is 6.07 Å². The molecule has 0 fully saturated rings. The van der Waals surface area contributed by atoms with E-state index in [0.717, 1.165) is 11.1 Å². The lowest BCUT2D eigenvalue weighted by Gasteiger charge is -2.27. The predicted octanol–water partition coefficient (Wildman–Crippen LogP) is 6.60. The van der Waals surface area contributed by atoms with Crippen molar-refractivity contribution in [1.29, 1.82) is 0 Å². The lowest BCUT2D eigenvalue weighted by atomic mass is 10.1. The van der Waals surface area contributed by atoms with Crippen LogP contribution in [-0.4, -0.2) is 14.2 Å². The maximum atomic E-state index is 14.9. The van der Waals surface area contributed by atoms with E-state index in [1.807, 2.05) is 48.5 Å². The van der Waals surface area contributed by atoms with Crippen molar-refractivity contribution in [1.82, 2.24) is 0 Å². The van der Waals surface area contributed by atoms with Gasteiger partial charge in [0.25, 0.3) is 0 Å². The average Bonchev–Trinajstić information content (AvgIpc) is 2.73. The van der Waals surface area contributed by atoms with Crippen molar-refractivity contribution >= 4 is 33.2 Å². The van der Waals surface area contributed by atoms with E-state index in [4.69, 9.17) is 21.1 Å². The van der Waals surface area contributed by atoms with Crippen molar-refractivity contribution in [3.05, 3.63) is 86.9 Å². The Balaban J connectivity index is 1.99. The zero-order valence-corrected chi connectivity index (χ0v) is 18.2. The van der Waals surface area contributed by atoms with Crippen LogP contribution in [0.3, 0.4) is 0 Å². The molecule has 7 heteroatoms. The van der Waals surface area contributed by atoms with Crippen LogP contribution in [0.5, 0.6) is 11.5 Å². The third-order valence-corrected chi connectivity index (χ3v) is 5.69. The van der Waals surface area contributed by atoms with Crippen molar-refractivity contribution < 1.29 is 18.3 Å². The minimum absolute atomic E-state index is 0.157. The first-order chi connectivity index (χ1) is 13.9. The summed E-state index contributed by atoms with van der Waals surface area (Å²) in [6.45, 7) is 0.559. The summed E-state index contributed by atoms with van der Waals surface area (Å²) in [5.41, 5.74) is 1.57. The maximum Gasteiger partial charge on any atom is 0.169 e. The Morgan fingerprint density at radius 3 is 1.72 bits per heavy atom. The first-order valence-electron chi connectivity index (χ1n) is 8.76. The normalized spacial score (nSPS) is 10.7. The second-order valence-corrected chi connectivity index (χ2v) is 7.60. The van der Waals surface area contributed by atoms with Crippen LogP contribution in [0.2, 0.25) is 5.02 Å². The molecule has 3 aromatic carbocycles. The SMILES string of the molecule is COc1ccc(CN(Cc2ccc(OC)cc2)c2c(F)cc(Br)c(Cl)c2F)cc1. The van der Waals surface area contributed by atoms with Gasteiger partial charge in [0.1, 0.15) is 17.2 Å². The van der Waals surface area contributed by atoms with Gasteiger partial charge in [-0.2, -0.15) is 0 Å². The molecule has 29 heavy (non-hydrogen) atoms. The molecular formula is C22H19BrClF2NO2. The third-order valence-electron chi connectivity index (χ3n) is 4.47. The summed E-state index contributed by atoms with van der Waals surface area (Å²) in [5, 5.41) is -0.157. The number of anilines is 1. The zero-order valence-electron chi connectivity index (χ0n) is 15.9. The first-order valence-corrected chi connectivity index (χ1v) is 9.93. The molecule has 0 N–H and O–H groups in total. The van der Waals surface area contributed by atoms with E-state index >= 15 is 0 Å². The van der Waals surface area contributed by atoms with Crippen molar-refractivity contribution in [2.24, 2.45) is 0 Å². The van der Waals surface area contributed by atoms with Crippen LogP contribution in [0.15, 0.2) is 59.1 Å². The van der Waals surface area contributed by atoms with Crippen molar-refractivity contribution in [2.45, 2.75) is 13.1 Å². The van der Waals surface area contributed by atoms with Crippen LogP contribution >= 0.6 is 27.5 Å². The molecule has 0 saturated heterocycles. The molecule has 3 nitrogen and oxygen atoms in total. The van der Waals surface area contributed by atoms with Gasteiger partial charge in [-0.25, -0.2) is 8.78 Å². The van der Waals surface area contributed by atoms with Crippen molar-refractivity contribution in [2.75, 3.05) is 19.1 Å². The average molecular weight is 483 g/mol. The first kappa shape index (κ1) is 21.4. The van der Waals surface area contributed by atoms with Gasteiger partial charge in [0, 0.05) is 17.6 Å². The summed E-state index contributed by atoms with van der Waals surface area (Å²) in [5.74, 6) is -0.0830. The lowest BCUT2D eigenvalue weighted by Crippen LogP contribution is -2.24. The summed E-state index contributed by atoms with van der Waals surface area (Å²) in [4.78, 5) is 1.62. The minimum atomic E-state index is -0.805. The van der Waals surface area contributed by atoms with Gasteiger partial charge in [-0.3, -0.25) is 0 Å². The molecule has 0 saturated carbocycles. The highest BCUT2D eigenvalue weighted by molar-refractivity contribution is 9.10. The van der Waals surface area contributed by atoms with Crippen LogP contribution in [-0.2, 0) is 13.1 Å². The molecule has 3 rings (SSSR count). The molecule has 0 aromatic heterocycles. The molecule has 0 aliphatic heterocycles. The van der Waals surface area contributed by atoms with Crippen molar-refractivity contribution in [3.8, 4) is 11.5 Å². The molecule has 0 spiro atoms. The van der Waals surface area contributed by atoms with Gasteiger partial charge in [0.15, 0.2) is 11.6 Å². The molecule has 0 atom stereocenters. The lowest BCUT2D eigenvalue weighted by molar-refractivity contribution is 0.414. The van der Waals surface area contributed by atoms with Crippen LogP contribution in [0.25, 0.3) is 0 Å². The molecule has 0 aliphatic carbocycles. The van der Waals surface area contributed by atoms with Gasteiger partial charge >= 0.3 is 0 Å². The van der Waals surface area contributed by atoms with Gasteiger partial charge in [0.05, 0.1) is 19.2 Å². The molecule has 0 amide bonds. The fraction of sp³-hybridized carbons (Fsp3) is 0.182. The molecule has 0 heterocycles. The Kier molecular flexibility index (Phi) is 6.98. The third kappa shape index (κ3) is 5.00. The molecule has 152 valence electrons. The van der Waals surface area contributed by atoms with E-state index in [0.29, 0.717) is 11.5 Å². The molecule has 0 radical (unpaired) electrons. The largest absolute Gasteiger partial charge is 0.497 e. The van der Waals surface area contributed by atoms with Gasteiger partial charge in [-0.05, 0) is 57.4 Å². The molecule has 0 unspecified atom stereocenters. The van der Waals surface area contributed by atoms with E-state index in [9.17, 15) is 8.78 Å². The fourth-order valence-corrected chi connectivity index (χ4v) is 3.48. The van der Waals surface area contributed by atoms with E-state index in [2.05, 4.69) is 15.9 Å². The van der Waals surface area contributed by atoms with E-state index < -0.39 is 11.6 Å². The Bertz CT molecular complexity index is 932. The second-order valence-electron chi connectivity index (χ2n) is 6.37. The summed E-state index contributed by atoms with van der Waals surface area (Å²) in [6, 6.07) is 15.8. The Labute approximate surface area is 181 Å². The van der Waals surface area contributed by atoms with Gasteiger partial charge < -0.3 is 14.4 Å². The van der Waals surface area contributed by atoms with Crippen LogP contribution in [0.4, 0.5) is 14.5 Å². The summed E-state index contributed by atoms with van der Waals surface area (Å²) in [6.07, 6.45) is 0. The minimum Gasteiger partial charge on any atom is -0.497 e. The monoisotopic (exact) mass is 481 g/mol. The molecule has 0 aliphatic rings. The number of ether oxygens (including phenoxy) is 2. The number of benzene rings is 3. The summed E-state index contributed by atoms with van der Waals surface area (Å²) >= 11 is 9.12. The van der Waals surface area contributed by atoms with Gasteiger partial charge in [0.2, 0.25) is 0 Å². The van der Waals surface area contributed by atoms with E-state index in [1.54, 1.807) is 19.1 Å². The molecule has 3 aromatic rings. The Hall–Kier alpha value is -2.31. The number of rotatable bonds is 7. The Morgan fingerprint density at radius 1 is 0.862 bits per heavy atom.